The van der Waals surface area contributed by atoms with Gasteiger partial charge in [-0.25, -0.2) is 4.79 Å². The SMILES string of the molecule is O=C(C[C@H]1SC(N2CCOCC2)=NC1=O)Nc1cccc(C(=O)O)c1. The third-order valence-corrected chi connectivity index (χ3v) is 4.99. The number of rotatable bonds is 4. The smallest absolute Gasteiger partial charge is 0.335 e. The van der Waals surface area contributed by atoms with E-state index in [-0.39, 0.29) is 23.8 Å². The highest BCUT2D eigenvalue weighted by Crippen LogP contribution is 2.28. The molecule has 8 nitrogen and oxygen atoms in total. The van der Waals surface area contributed by atoms with Crippen LogP contribution in [-0.4, -0.2) is 64.5 Å². The first kappa shape index (κ1) is 17.4. The molecule has 1 aromatic carbocycles. The fraction of sp³-hybridized carbons (Fsp3) is 0.375. The highest BCUT2D eigenvalue weighted by molar-refractivity contribution is 8.15. The number of hydrogen-bond donors (Lipinski definition) is 2. The first-order chi connectivity index (χ1) is 12.0. The molecule has 2 aliphatic rings. The fourth-order valence-corrected chi connectivity index (χ4v) is 3.63. The quantitative estimate of drug-likeness (QED) is 0.823. The monoisotopic (exact) mass is 363 g/mol. The van der Waals surface area contributed by atoms with Crippen LogP contribution < -0.4 is 5.32 Å². The number of thioether (sulfide) groups is 1. The predicted octanol–water partition coefficient (Wildman–Crippen LogP) is 1.04. The van der Waals surface area contributed by atoms with Crippen LogP contribution in [0.1, 0.15) is 16.8 Å². The molecule has 1 fully saturated rings. The summed E-state index contributed by atoms with van der Waals surface area (Å²) in [5, 5.41) is 11.7. The van der Waals surface area contributed by atoms with E-state index in [2.05, 4.69) is 10.3 Å². The summed E-state index contributed by atoms with van der Waals surface area (Å²) in [6.07, 6.45) is -0.0157. The lowest BCUT2D eigenvalue weighted by molar-refractivity contribution is -0.121. The Kier molecular flexibility index (Phi) is 5.34. The van der Waals surface area contributed by atoms with Crippen LogP contribution >= 0.6 is 11.8 Å². The molecule has 2 N–H and O–H groups in total. The average Bonchev–Trinajstić information content (AvgIpc) is 2.96. The lowest BCUT2D eigenvalue weighted by Crippen LogP contribution is -2.39. The Hall–Kier alpha value is -2.39. The van der Waals surface area contributed by atoms with Crippen LogP contribution in [0.5, 0.6) is 0 Å². The Morgan fingerprint density at radius 1 is 1.36 bits per heavy atom. The van der Waals surface area contributed by atoms with Crippen LogP contribution in [0.25, 0.3) is 0 Å². The molecule has 0 unspecified atom stereocenters. The molecule has 3 rings (SSSR count). The van der Waals surface area contributed by atoms with Gasteiger partial charge in [0.05, 0.1) is 18.8 Å². The minimum Gasteiger partial charge on any atom is -0.478 e. The van der Waals surface area contributed by atoms with E-state index in [1.807, 2.05) is 4.90 Å². The molecule has 0 saturated carbocycles. The number of carboxylic acids is 1. The molecular formula is C16H17N3O5S. The van der Waals surface area contributed by atoms with E-state index < -0.39 is 11.2 Å². The zero-order chi connectivity index (χ0) is 17.8. The summed E-state index contributed by atoms with van der Waals surface area (Å²) in [6.45, 7) is 2.55. The van der Waals surface area contributed by atoms with Gasteiger partial charge in [-0.3, -0.25) is 9.59 Å². The molecule has 1 atom stereocenters. The molecular weight excluding hydrogens is 346 g/mol. The Morgan fingerprint density at radius 3 is 2.84 bits per heavy atom. The van der Waals surface area contributed by atoms with Crippen molar-refractivity contribution in [1.82, 2.24) is 4.90 Å². The average molecular weight is 363 g/mol. The summed E-state index contributed by atoms with van der Waals surface area (Å²) in [7, 11) is 0. The van der Waals surface area contributed by atoms with Gasteiger partial charge >= 0.3 is 5.97 Å². The first-order valence-electron chi connectivity index (χ1n) is 7.78. The zero-order valence-electron chi connectivity index (χ0n) is 13.3. The number of carbonyl (C=O) groups is 3. The van der Waals surface area contributed by atoms with Gasteiger partial charge in [0.25, 0.3) is 5.91 Å². The molecule has 25 heavy (non-hydrogen) atoms. The lowest BCUT2D eigenvalue weighted by atomic mass is 10.2. The second kappa shape index (κ2) is 7.66. The van der Waals surface area contributed by atoms with Crippen LogP contribution in [0.15, 0.2) is 29.3 Å². The molecule has 1 saturated heterocycles. The Balaban J connectivity index is 1.56. The molecule has 0 bridgehead atoms. The largest absolute Gasteiger partial charge is 0.478 e. The number of nitrogens with one attached hydrogen (secondary N) is 1. The number of aromatic carboxylic acids is 1. The molecule has 2 heterocycles. The third kappa shape index (κ3) is 4.37. The number of hydrogen-bond acceptors (Lipinski definition) is 6. The summed E-state index contributed by atoms with van der Waals surface area (Å²) in [4.78, 5) is 41.2. The number of amides is 2. The molecule has 0 radical (unpaired) electrons. The van der Waals surface area contributed by atoms with Gasteiger partial charge in [0, 0.05) is 25.2 Å². The minimum atomic E-state index is -1.07. The van der Waals surface area contributed by atoms with E-state index in [0.29, 0.717) is 37.2 Å². The molecule has 0 aromatic heterocycles. The Labute approximate surface area is 148 Å². The Bertz CT molecular complexity index is 730. The van der Waals surface area contributed by atoms with E-state index in [4.69, 9.17) is 9.84 Å². The maximum Gasteiger partial charge on any atom is 0.335 e. The van der Waals surface area contributed by atoms with Crippen molar-refractivity contribution in [3.8, 4) is 0 Å². The molecule has 132 valence electrons. The van der Waals surface area contributed by atoms with Crippen LogP contribution in [0.4, 0.5) is 5.69 Å². The number of benzene rings is 1. The van der Waals surface area contributed by atoms with Crippen molar-refractivity contribution < 1.29 is 24.2 Å². The van der Waals surface area contributed by atoms with Crippen LogP contribution in [-0.2, 0) is 14.3 Å². The van der Waals surface area contributed by atoms with Crippen molar-refractivity contribution in [1.29, 1.82) is 0 Å². The van der Waals surface area contributed by atoms with Crippen molar-refractivity contribution in [2.75, 3.05) is 31.6 Å². The fourth-order valence-electron chi connectivity index (χ4n) is 2.51. The summed E-state index contributed by atoms with van der Waals surface area (Å²) in [5.74, 6) is -1.74. The van der Waals surface area contributed by atoms with Crippen molar-refractivity contribution in [2.24, 2.45) is 4.99 Å². The number of amidine groups is 1. The molecule has 9 heteroatoms. The topological polar surface area (TPSA) is 108 Å². The number of ether oxygens (including phenoxy) is 1. The Morgan fingerprint density at radius 2 is 2.12 bits per heavy atom. The van der Waals surface area contributed by atoms with Crippen molar-refractivity contribution in [3.63, 3.8) is 0 Å². The first-order valence-corrected chi connectivity index (χ1v) is 8.66. The predicted molar refractivity (Wildman–Crippen MR) is 92.9 cm³/mol. The number of carbonyl (C=O) groups excluding carboxylic acids is 2. The number of anilines is 1. The highest BCUT2D eigenvalue weighted by atomic mass is 32.2. The molecule has 2 amide bonds. The van der Waals surface area contributed by atoms with Gasteiger partial charge in [0.1, 0.15) is 5.25 Å². The minimum absolute atomic E-state index is 0.0157. The van der Waals surface area contributed by atoms with E-state index in [0.717, 1.165) is 0 Å². The van der Waals surface area contributed by atoms with Crippen LogP contribution in [0.2, 0.25) is 0 Å². The maximum atomic E-state index is 12.2. The molecule has 2 aliphatic heterocycles. The maximum absolute atomic E-state index is 12.2. The van der Waals surface area contributed by atoms with Crippen molar-refractivity contribution in [3.05, 3.63) is 29.8 Å². The number of carboxylic acid groups (broad SMARTS) is 1. The van der Waals surface area contributed by atoms with E-state index in [1.54, 1.807) is 12.1 Å². The second-order valence-corrected chi connectivity index (χ2v) is 6.75. The van der Waals surface area contributed by atoms with Crippen molar-refractivity contribution >= 4 is 40.4 Å². The number of morpholine rings is 1. The normalized spacial score (nSPS) is 20.3. The summed E-state index contributed by atoms with van der Waals surface area (Å²) < 4.78 is 5.27. The summed E-state index contributed by atoms with van der Waals surface area (Å²) in [6, 6.07) is 5.97. The highest BCUT2D eigenvalue weighted by Gasteiger charge is 2.33. The van der Waals surface area contributed by atoms with E-state index in [9.17, 15) is 14.4 Å². The van der Waals surface area contributed by atoms with Crippen LogP contribution in [0.3, 0.4) is 0 Å². The number of aliphatic imine (C=N–C) groups is 1. The van der Waals surface area contributed by atoms with E-state index in [1.165, 1.54) is 23.9 Å². The van der Waals surface area contributed by atoms with Crippen molar-refractivity contribution in [2.45, 2.75) is 11.7 Å². The third-order valence-electron chi connectivity index (χ3n) is 3.77. The lowest BCUT2D eigenvalue weighted by Gasteiger charge is -2.27. The van der Waals surface area contributed by atoms with Crippen LogP contribution in [0, 0.1) is 0 Å². The van der Waals surface area contributed by atoms with Gasteiger partial charge in [-0.15, -0.1) is 0 Å². The van der Waals surface area contributed by atoms with Gasteiger partial charge in [-0.2, -0.15) is 4.99 Å². The summed E-state index contributed by atoms with van der Waals surface area (Å²) >= 11 is 1.29. The second-order valence-electron chi connectivity index (χ2n) is 5.58. The number of nitrogens with zero attached hydrogens (tertiary/aromatic N) is 2. The van der Waals surface area contributed by atoms with Gasteiger partial charge in [-0.1, -0.05) is 17.8 Å². The van der Waals surface area contributed by atoms with E-state index >= 15 is 0 Å². The van der Waals surface area contributed by atoms with Gasteiger partial charge in [0.2, 0.25) is 5.91 Å². The standard InChI is InChI=1S/C16H17N3O5S/c20-13(17-11-3-1-2-10(8-11)15(22)23)9-12-14(21)18-16(25-12)19-4-6-24-7-5-19/h1-3,8,12H,4-7,9H2,(H,17,20)(H,22,23)/t12-/m1/s1. The van der Waals surface area contributed by atoms with Gasteiger partial charge < -0.3 is 20.1 Å². The zero-order valence-corrected chi connectivity index (χ0v) is 14.1. The molecule has 0 aliphatic carbocycles. The molecule has 0 spiro atoms. The summed E-state index contributed by atoms with van der Waals surface area (Å²) in [5.41, 5.74) is 0.469. The molecule has 1 aromatic rings. The van der Waals surface area contributed by atoms with Gasteiger partial charge in [0.15, 0.2) is 5.17 Å². The van der Waals surface area contributed by atoms with Gasteiger partial charge in [-0.05, 0) is 18.2 Å².